The van der Waals surface area contributed by atoms with Crippen molar-refractivity contribution in [2.45, 2.75) is 12.8 Å². The third kappa shape index (κ3) is 1.68. The summed E-state index contributed by atoms with van der Waals surface area (Å²) in [5.41, 5.74) is 5.39. The highest BCUT2D eigenvalue weighted by atomic mass is 16.1. The zero-order chi connectivity index (χ0) is 6.69. The molecule has 1 unspecified atom stereocenters. The van der Waals surface area contributed by atoms with E-state index in [1.165, 1.54) is 0 Å². The largest absolute Gasteiger partial charge is 0.356 e. The Morgan fingerprint density at radius 1 is 1.78 bits per heavy atom. The normalized spacial score (nSPS) is 27.7. The number of rotatable bonds is 1. The van der Waals surface area contributed by atoms with Crippen molar-refractivity contribution in [1.29, 1.82) is 0 Å². The first kappa shape index (κ1) is 6.55. The minimum absolute atomic E-state index is 0.150. The fraction of sp³-hybridized carbons (Fsp3) is 0.833. The Morgan fingerprint density at radius 3 is 3.00 bits per heavy atom. The molecule has 0 radical (unpaired) electrons. The van der Waals surface area contributed by atoms with Crippen LogP contribution >= 0.6 is 0 Å². The number of amides is 1. The zero-order valence-corrected chi connectivity index (χ0v) is 5.39. The van der Waals surface area contributed by atoms with Crippen molar-refractivity contribution in [3.8, 4) is 0 Å². The van der Waals surface area contributed by atoms with Gasteiger partial charge in [0.2, 0.25) is 5.91 Å². The molecule has 0 aromatic rings. The van der Waals surface area contributed by atoms with Crippen molar-refractivity contribution >= 4 is 5.91 Å². The fourth-order valence-electron chi connectivity index (χ4n) is 1.05. The van der Waals surface area contributed by atoms with Crippen LogP contribution in [0.2, 0.25) is 0 Å². The molecule has 52 valence electrons. The topological polar surface area (TPSA) is 55.1 Å². The molecule has 1 aliphatic heterocycles. The molecule has 3 heteroatoms. The van der Waals surface area contributed by atoms with E-state index in [9.17, 15) is 4.79 Å². The van der Waals surface area contributed by atoms with Crippen LogP contribution in [-0.2, 0) is 4.79 Å². The summed E-state index contributed by atoms with van der Waals surface area (Å²) in [6, 6.07) is 0. The maximum Gasteiger partial charge on any atom is 0.220 e. The molecule has 0 aromatic heterocycles. The van der Waals surface area contributed by atoms with Crippen molar-refractivity contribution < 1.29 is 4.79 Å². The van der Waals surface area contributed by atoms with Gasteiger partial charge in [-0.2, -0.15) is 0 Å². The van der Waals surface area contributed by atoms with Gasteiger partial charge in [-0.15, -0.1) is 0 Å². The number of nitrogens with one attached hydrogen (secondary N) is 1. The van der Waals surface area contributed by atoms with Crippen LogP contribution in [0.25, 0.3) is 0 Å². The monoisotopic (exact) mass is 128 g/mol. The minimum atomic E-state index is 0.150. The predicted octanol–water partition coefficient (Wildman–Crippen LogP) is -0.529. The van der Waals surface area contributed by atoms with E-state index >= 15 is 0 Å². The average Bonchev–Trinajstić information content (AvgIpc) is 1.88. The molecule has 0 aromatic carbocycles. The molecule has 1 rings (SSSR count). The third-order valence-electron chi connectivity index (χ3n) is 1.68. The van der Waals surface area contributed by atoms with Crippen LogP contribution in [0.5, 0.6) is 0 Å². The number of hydrogen-bond donors (Lipinski definition) is 2. The molecular formula is C6H12N2O. The highest BCUT2D eigenvalue weighted by Crippen LogP contribution is 2.09. The van der Waals surface area contributed by atoms with E-state index in [-0.39, 0.29) is 5.91 Å². The van der Waals surface area contributed by atoms with Gasteiger partial charge in [-0.3, -0.25) is 4.79 Å². The van der Waals surface area contributed by atoms with E-state index in [1.807, 2.05) is 0 Å². The van der Waals surface area contributed by atoms with E-state index in [0.717, 1.165) is 13.0 Å². The number of hydrogen-bond acceptors (Lipinski definition) is 2. The summed E-state index contributed by atoms with van der Waals surface area (Å²) in [5.74, 6) is 0.579. The van der Waals surface area contributed by atoms with Gasteiger partial charge >= 0.3 is 0 Å². The molecule has 1 heterocycles. The van der Waals surface area contributed by atoms with Crippen LogP contribution in [0, 0.1) is 5.92 Å². The van der Waals surface area contributed by atoms with E-state index in [2.05, 4.69) is 5.32 Å². The molecule has 1 aliphatic rings. The molecule has 1 saturated heterocycles. The highest BCUT2D eigenvalue weighted by Gasteiger charge is 2.16. The minimum Gasteiger partial charge on any atom is -0.356 e. The summed E-state index contributed by atoms with van der Waals surface area (Å²) in [6.07, 6.45) is 1.67. The lowest BCUT2D eigenvalue weighted by atomic mass is 9.98. The number of carbonyl (C=O) groups is 1. The quantitative estimate of drug-likeness (QED) is 0.499. The third-order valence-corrected chi connectivity index (χ3v) is 1.68. The van der Waals surface area contributed by atoms with Gasteiger partial charge in [-0.1, -0.05) is 0 Å². The van der Waals surface area contributed by atoms with Crippen LogP contribution < -0.4 is 11.1 Å². The lowest BCUT2D eigenvalue weighted by molar-refractivity contribution is -0.123. The molecule has 3 N–H and O–H groups in total. The van der Waals surface area contributed by atoms with Gasteiger partial charge < -0.3 is 11.1 Å². The van der Waals surface area contributed by atoms with E-state index in [4.69, 9.17) is 5.73 Å². The van der Waals surface area contributed by atoms with E-state index in [0.29, 0.717) is 18.9 Å². The molecule has 1 atom stereocenters. The van der Waals surface area contributed by atoms with Gasteiger partial charge in [0.15, 0.2) is 0 Å². The molecule has 0 saturated carbocycles. The zero-order valence-electron chi connectivity index (χ0n) is 5.39. The molecule has 0 aliphatic carbocycles. The van der Waals surface area contributed by atoms with E-state index in [1.54, 1.807) is 0 Å². The van der Waals surface area contributed by atoms with Crippen molar-refractivity contribution in [2.24, 2.45) is 11.7 Å². The van der Waals surface area contributed by atoms with Crippen LogP contribution in [0.1, 0.15) is 12.8 Å². The van der Waals surface area contributed by atoms with Gasteiger partial charge in [0, 0.05) is 13.0 Å². The Kier molecular flexibility index (Phi) is 2.05. The first-order chi connectivity index (χ1) is 4.33. The first-order valence-corrected chi connectivity index (χ1v) is 3.29. The van der Waals surface area contributed by atoms with Crippen LogP contribution in [0.3, 0.4) is 0 Å². The lowest BCUT2D eigenvalue weighted by Gasteiger charge is -2.19. The number of nitrogens with two attached hydrogens (primary N) is 1. The van der Waals surface area contributed by atoms with Crippen LogP contribution in [0.15, 0.2) is 0 Å². The highest BCUT2D eigenvalue weighted by molar-refractivity contribution is 5.76. The van der Waals surface area contributed by atoms with Gasteiger partial charge in [-0.05, 0) is 18.9 Å². The summed E-state index contributed by atoms with van der Waals surface area (Å²) in [4.78, 5) is 10.7. The van der Waals surface area contributed by atoms with Gasteiger partial charge in [-0.25, -0.2) is 0 Å². The molecule has 0 spiro atoms. The Labute approximate surface area is 54.6 Å². The Bertz CT molecular complexity index is 114. The molecule has 0 bridgehead atoms. The smallest absolute Gasteiger partial charge is 0.220 e. The maximum atomic E-state index is 10.7. The standard InChI is InChI=1S/C6H12N2O/c7-4-5-1-2-8-6(9)3-5/h5H,1-4,7H2,(H,8,9). The van der Waals surface area contributed by atoms with Crippen molar-refractivity contribution in [1.82, 2.24) is 5.32 Å². The van der Waals surface area contributed by atoms with Crippen molar-refractivity contribution in [3.63, 3.8) is 0 Å². The SMILES string of the molecule is NCC1CCNC(=O)C1. The summed E-state index contributed by atoms with van der Waals surface area (Å²) >= 11 is 0. The second kappa shape index (κ2) is 2.82. The molecule has 9 heavy (non-hydrogen) atoms. The van der Waals surface area contributed by atoms with Gasteiger partial charge in [0.05, 0.1) is 0 Å². The summed E-state index contributed by atoms with van der Waals surface area (Å²) < 4.78 is 0. The average molecular weight is 128 g/mol. The molecule has 3 nitrogen and oxygen atoms in total. The second-order valence-corrected chi connectivity index (χ2v) is 2.44. The summed E-state index contributed by atoms with van der Waals surface area (Å²) in [5, 5.41) is 2.75. The van der Waals surface area contributed by atoms with Crippen molar-refractivity contribution in [2.75, 3.05) is 13.1 Å². The molecule has 1 amide bonds. The summed E-state index contributed by atoms with van der Waals surface area (Å²) in [7, 11) is 0. The van der Waals surface area contributed by atoms with E-state index < -0.39 is 0 Å². The Hall–Kier alpha value is -0.570. The fourth-order valence-corrected chi connectivity index (χ4v) is 1.05. The van der Waals surface area contributed by atoms with Gasteiger partial charge in [0.25, 0.3) is 0 Å². The maximum absolute atomic E-state index is 10.7. The molecule has 1 fully saturated rings. The Morgan fingerprint density at radius 2 is 2.56 bits per heavy atom. The lowest BCUT2D eigenvalue weighted by Crippen LogP contribution is -2.36. The van der Waals surface area contributed by atoms with Crippen LogP contribution in [0.4, 0.5) is 0 Å². The Balaban J connectivity index is 2.32. The number of carbonyl (C=O) groups excluding carboxylic acids is 1. The van der Waals surface area contributed by atoms with Crippen LogP contribution in [-0.4, -0.2) is 19.0 Å². The van der Waals surface area contributed by atoms with Crippen molar-refractivity contribution in [3.05, 3.63) is 0 Å². The summed E-state index contributed by atoms with van der Waals surface area (Å²) in [6.45, 7) is 1.45. The second-order valence-electron chi connectivity index (χ2n) is 2.44. The van der Waals surface area contributed by atoms with Gasteiger partial charge in [0.1, 0.15) is 0 Å². The first-order valence-electron chi connectivity index (χ1n) is 3.29. The molecular weight excluding hydrogens is 116 g/mol. The number of piperidine rings is 1. The predicted molar refractivity (Wildman–Crippen MR) is 34.8 cm³/mol.